The summed E-state index contributed by atoms with van der Waals surface area (Å²) in [5.74, 6) is -6.10. The van der Waals surface area contributed by atoms with E-state index in [1.807, 2.05) is 0 Å². The molecule has 0 aliphatic heterocycles. The fraction of sp³-hybridized carbons (Fsp3) is 0.0769. The maximum Gasteiger partial charge on any atom is 0.200 e. The van der Waals surface area contributed by atoms with Crippen LogP contribution < -0.4 is 5.32 Å². The monoisotopic (exact) mass is 285 g/mol. The molecule has 0 aliphatic rings. The molecule has 2 aromatic rings. The lowest BCUT2D eigenvalue weighted by Gasteiger charge is -2.11. The van der Waals surface area contributed by atoms with Crippen LogP contribution in [0.2, 0.25) is 0 Å². The molecular weight excluding hydrogens is 275 g/mol. The Morgan fingerprint density at radius 3 is 2.25 bits per heavy atom. The van der Waals surface area contributed by atoms with E-state index in [-0.39, 0.29) is 17.8 Å². The second kappa shape index (κ2) is 5.20. The van der Waals surface area contributed by atoms with Crippen molar-refractivity contribution in [3.8, 4) is 17.2 Å². The number of rotatable bonds is 3. The molecule has 106 valence electrons. The molecule has 0 saturated heterocycles. The van der Waals surface area contributed by atoms with Crippen LogP contribution in [0.25, 0.3) is 0 Å². The van der Waals surface area contributed by atoms with Crippen molar-refractivity contribution in [3.05, 3.63) is 47.3 Å². The van der Waals surface area contributed by atoms with E-state index in [9.17, 15) is 23.4 Å². The zero-order valence-electron chi connectivity index (χ0n) is 9.99. The molecule has 0 aromatic heterocycles. The minimum Gasteiger partial charge on any atom is -0.504 e. The summed E-state index contributed by atoms with van der Waals surface area (Å²) < 4.78 is 39.1. The van der Waals surface area contributed by atoms with Crippen molar-refractivity contribution in [2.45, 2.75) is 6.54 Å². The molecule has 4 nitrogen and oxygen atoms in total. The molecule has 0 bridgehead atoms. The Labute approximate surface area is 111 Å². The molecule has 0 fully saturated rings. The maximum absolute atomic E-state index is 13.4. The third-order valence-corrected chi connectivity index (χ3v) is 2.72. The fourth-order valence-electron chi connectivity index (χ4n) is 1.61. The summed E-state index contributed by atoms with van der Waals surface area (Å²) in [6.07, 6.45) is 0. The Kier molecular flexibility index (Phi) is 3.60. The minimum absolute atomic E-state index is 0.143. The number of halogens is 3. The highest BCUT2D eigenvalue weighted by atomic mass is 19.2. The quantitative estimate of drug-likeness (QED) is 0.517. The number of phenolic OH excluding ortho intramolecular Hbond substituents is 3. The Morgan fingerprint density at radius 1 is 0.850 bits per heavy atom. The molecule has 20 heavy (non-hydrogen) atoms. The van der Waals surface area contributed by atoms with Crippen LogP contribution in [0.3, 0.4) is 0 Å². The summed E-state index contributed by atoms with van der Waals surface area (Å²) in [4.78, 5) is 0. The maximum atomic E-state index is 13.4. The van der Waals surface area contributed by atoms with Gasteiger partial charge < -0.3 is 20.6 Å². The van der Waals surface area contributed by atoms with E-state index in [4.69, 9.17) is 5.11 Å². The van der Waals surface area contributed by atoms with Gasteiger partial charge >= 0.3 is 0 Å². The van der Waals surface area contributed by atoms with Crippen LogP contribution in [-0.4, -0.2) is 15.3 Å². The number of aromatic hydroxyl groups is 3. The van der Waals surface area contributed by atoms with Gasteiger partial charge in [-0.3, -0.25) is 0 Å². The number of hydrogen-bond acceptors (Lipinski definition) is 4. The van der Waals surface area contributed by atoms with Crippen LogP contribution in [0.15, 0.2) is 24.3 Å². The summed E-state index contributed by atoms with van der Waals surface area (Å²) in [7, 11) is 0. The van der Waals surface area contributed by atoms with Gasteiger partial charge in [-0.25, -0.2) is 13.2 Å². The average Bonchev–Trinajstić information content (AvgIpc) is 2.43. The van der Waals surface area contributed by atoms with Crippen molar-refractivity contribution in [1.82, 2.24) is 0 Å². The first-order valence-electron chi connectivity index (χ1n) is 5.52. The predicted octanol–water partition coefficient (Wildman–Crippen LogP) is 2.83. The Bertz CT molecular complexity index is 604. The van der Waals surface area contributed by atoms with Gasteiger partial charge in [0.05, 0.1) is 5.69 Å². The fourth-order valence-corrected chi connectivity index (χ4v) is 1.61. The number of anilines is 1. The van der Waals surface area contributed by atoms with Crippen LogP contribution in [0.5, 0.6) is 17.2 Å². The Morgan fingerprint density at radius 2 is 1.55 bits per heavy atom. The SMILES string of the molecule is Oc1ccc(CNc2ccc(F)c(F)c2F)c(O)c1O. The molecule has 0 aliphatic carbocycles. The van der Waals surface area contributed by atoms with E-state index in [0.717, 1.165) is 18.2 Å². The largest absolute Gasteiger partial charge is 0.504 e. The van der Waals surface area contributed by atoms with Gasteiger partial charge in [0.25, 0.3) is 0 Å². The summed E-state index contributed by atoms with van der Waals surface area (Å²) in [6.45, 7) is -0.165. The summed E-state index contributed by atoms with van der Waals surface area (Å²) >= 11 is 0. The molecule has 0 amide bonds. The van der Waals surface area contributed by atoms with Crippen molar-refractivity contribution in [1.29, 1.82) is 0 Å². The van der Waals surface area contributed by atoms with E-state index in [1.165, 1.54) is 6.07 Å². The van der Waals surface area contributed by atoms with Gasteiger partial charge in [0.15, 0.2) is 29.0 Å². The summed E-state index contributed by atoms with van der Waals surface area (Å²) in [6, 6.07) is 4.18. The predicted molar refractivity (Wildman–Crippen MR) is 65.1 cm³/mol. The lowest BCUT2D eigenvalue weighted by molar-refractivity contribution is 0.365. The standard InChI is InChI=1S/C13H10F3NO3/c14-7-2-3-8(11(16)10(7)15)17-5-6-1-4-9(18)13(20)12(6)19/h1-4,17-20H,5H2. The molecule has 7 heteroatoms. The van der Waals surface area contributed by atoms with Crippen molar-refractivity contribution >= 4 is 5.69 Å². The lowest BCUT2D eigenvalue weighted by Crippen LogP contribution is -2.04. The number of nitrogens with one attached hydrogen (secondary N) is 1. The molecular formula is C13H10F3NO3. The van der Waals surface area contributed by atoms with E-state index >= 15 is 0 Å². The van der Waals surface area contributed by atoms with E-state index in [2.05, 4.69) is 5.32 Å². The van der Waals surface area contributed by atoms with Crippen LogP contribution in [0.4, 0.5) is 18.9 Å². The van der Waals surface area contributed by atoms with Gasteiger partial charge in [-0.15, -0.1) is 0 Å². The molecule has 0 saturated carbocycles. The van der Waals surface area contributed by atoms with Crippen LogP contribution >= 0.6 is 0 Å². The number of phenols is 3. The zero-order valence-corrected chi connectivity index (χ0v) is 9.99. The van der Waals surface area contributed by atoms with Gasteiger partial charge in [-0.2, -0.15) is 0 Å². The molecule has 0 heterocycles. The summed E-state index contributed by atoms with van der Waals surface area (Å²) in [5.41, 5.74) is -0.153. The lowest BCUT2D eigenvalue weighted by atomic mass is 10.1. The summed E-state index contributed by atoms with van der Waals surface area (Å²) in [5, 5.41) is 30.4. The molecule has 0 atom stereocenters. The number of benzene rings is 2. The normalized spacial score (nSPS) is 10.6. The molecule has 0 radical (unpaired) electrons. The first kappa shape index (κ1) is 13.9. The van der Waals surface area contributed by atoms with Crippen LogP contribution in [0, 0.1) is 17.5 Å². The van der Waals surface area contributed by atoms with E-state index < -0.39 is 34.7 Å². The van der Waals surface area contributed by atoms with E-state index in [0.29, 0.717) is 0 Å². The highest BCUT2D eigenvalue weighted by Crippen LogP contribution is 2.37. The molecule has 0 unspecified atom stereocenters. The van der Waals surface area contributed by atoms with Crippen molar-refractivity contribution < 1.29 is 28.5 Å². The van der Waals surface area contributed by atoms with Crippen molar-refractivity contribution in [3.63, 3.8) is 0 Å². The Balaban J connectivity index is 2.22. The second-order valence-electron chi connectivity index (χ2n) is 4.02. The molecule has 0 spiro atoms. The third-order valence-electron chi connectivity index (χ3n) is 2.72. The topological polar surface area (TPSA) is 72.7 Å². The molecule has 2 aromatic carbocycles. The highest BCUT2D eigenvalue weighted by Gasteiger charge is 2.15. The van der Waals surface area contributed by atoms with Gasteiger partial charge in [-0.05, 0) is 24.3 Å². The number of hydrogen-bond donors (Lipinski definition) is 4. The second-order valence-corrected chi connectivity index (χ2v) is 4.02. The van der Waals surface area contributed by atoms with Gasteiger partial charge in [-0.1, -0.05) is 0 Å². The van der Waals surface area contributed by atoms with Gasteiger partial charge in [0.1, 0.15) is 0 Å². The first-order chi connectivity index (χ1) is 9.41. The average molecular weight is 285 g/mol. The van der Waals surface area contributed by atoms with Crippen molar-refractivity contribution in [2.24, 2.45) is 0 Å². The minimum atomic E-state index is -1.60. The highest BCUT2D eigenvalue weighted by molar-refractivity contribution is 5.54. The first-order valence-corrected chi connectivity index (χ1v) is 5.52. The van der Waals surface area contributed by atoms with Crippen molar-refractivity contribution in [2.75, 3.05) is 5.32 Å². The zero-order chi connectivity index (χ0) is 14.9. The molecule has 4 N–H and O–H groups in total. The van der Waals surface area contributed by atoms with Gasteiger partial charge in [0.2, 0.25) is 5.75 Å². The smallest absolute Gasteiger partial charge is 0.200 e. The third kappa shape index (κ3) is 2.42. The van der Waals surface area contributed by atoms with E-state index in [1.54, 1.807) is 0 Å². The molecule has 2 rings (SSSR count). The van der Waals surface area contributed by atoms with Crippen LogP contribution in [-0.2, 0) is 6.54 Å². The Hall–Kier alpha value is -2.57. The van der Waals surface area contributed by atoms with Gasteiger partial charge in [0, 0.05) is 12.1 Å². The van der Waals surface area contributed by atoms with Crippen LogP contribution in [0.1, 0.15) is 5.56 Å².